The molecule has 4 nitrogen and oxygen atoms in total. The van der Waals surface area contributed by atoms with Gasteiger partial charge in [-0.1, -0.05) is 18.2 Å². The van der Waals surface area contributed by atoms with Crippen LogP contribution in [0.4, 0.5) is 15.8 Å². The van der Waals surface area contributed by atoms with Crippen LogP contribution in [0.3, 0.4) is 0 Å². The summed E-state index contributed by atoms with van der Waals surface area (Å²) in [5.74, 6) is -0.898. The highest BCUT2D eigenvalue weighted by atomic mass is 19.1. The average molecular weight is 327 g/mol. The van der Waals surface area contributed by atoms with Gasteiger partial charge in [-0.05, 0) is 56.8 Å². The van der Waals surface area contributed by atoms with Crippen molar-refractivity contribution in [2.45, 2.75) is 18.9 Å². The lowest BCUT2D eigenvalue weighted by Crippen LogP contribution is -2.32. The number of nitrogen functional groups attached to an aromatic ring is 1. The number of nitrogens with zero attached hydrogens (tertiary/aromatic N) is 2. The molecule has 0 aromatic heterocycles. The first-order valence-electron chi connectivity index (χ1n) is 8.11. The number of benzene rings is 2. The predicted octanol–water partition coefficient (Wildman–Crippen LogP) is 3.45. The van der Waals surface area contributed by atoms with Gasteiger partial charge in [0.05, 0.1) is 5.56 Å². The number of halogens is 1. The van der Waals surface area contributed by atoms with Crippen LogP contribution in [0.15, 0.2) is 42.5 Å². The normalized spacial score (nSPS) is 17.5. The minimum Gasteiger partial charge on any atom is -0.399 e. The number of anilines is 2. The third kappa shape index (κ3) is 2.99. The van der Waals surface area contributed by atoms with Gasteiger partial charge in [0.2, 0.25) is 0 Å². The molecule has 2 aromatic rings. The molecule has 126 valence electrons. The van der Waals surface area contributed by atoms with E-state index in [9.17, 15) is 9.18 Å². The highest BCUT2D eigenvalue weighted by Gasteiger charge is 2.28. The number of nitrogens with two attached hydrogens (primary N) is 1. The fourth-order valence-electron chi connectivity index (χ4n) is 3.33. The third-order valence-electron chi connectivity index (χ3n) is 4.54. The number of hydrogen-bond acceptors (Lipinski definition) is 3. The Hall–Kier alpha value is -2.40. The lowest BCUT2D eigenvalue weighted by molar-refractivity contribution is 0.0983. The van der Waals surface area contributed by atoms with E-state index in [1.54, 1.807) is 11.0 Å². The molecule has 2 N–H and O–H groups in total. The van der Waals surface area contributed by atoms with Crippen molar-refractivity contribution in [2.24, 2.45) is 0 Å². The van der Waals surface area contributed by atoms with Gasteiger partial charge < -0.3 is 15.5 Å². The topological polar surface area (TPSA) is 49.6 Å². The first-order chi connectivity index (χ1) is 11.5. The van der Waals surface area contributed by atoms with E-state index in [-0.39, 0.29) is 17.5 Å². The standard InChI is InChI=1S/C19H22FN3O/c1-22(2)17-8-5-11-23(18-7-4-3-6-15(17)18)19(24)14-10-9-13(21)12-16(14)20/h3-4,6-7,9-10,12,17H,5,8,11,21H2,1-2H3. The molecule has 0 saturated heterocycles. The van der Waals surface area contributed by atoms with E-state index in [1.165, 1.54) is 12.1 Å². The van der Waals surface area contributed by atoms with Crippen LogP contribution in [0.2, 0.25) is 0 Å². The number of para-hydroxylation sites is 1. The second-order valence-corrected chi connectivity index (χ2v) is 6.38. The van der Waals surface area contributed by atoms with Gasteiger partial charge in [0.25, 0.3) is 5.91 Å². The third-order valence-corrected chi connectivity index (χ3v) is 4.54. The number of amides is 1. The van der Waals surface area contributed by atoms with E-state index in [0.29, 0.717) is 12.2 Å². The molecule has 0 spiro atoms. The van der Waals surface area contributed by atoms with Gasteiger partial charge in [0.15, 0.2) is 0 Å². The second-order valence-electron chi connectivity index (χ2n) is 6.38. The van der Waals surface area contributed by atoms with Crippen LogP contribution in [-0.2, 0) is 0 Å². The van der Waals surface area contributed by atoms with Crippen LogP contribution >= 0.6 is 0 Å². The van der Waals surface area contributed by atoms with Gasteiger partial charge in [0, 0.05) is 24.0 Å². The van der Waals surface area contributed by atoms with Crippen LogP contribution in [0.1, 0.15) is 34.8 Å². The lowest BCUT2D eigenvalue weighted by Gasteiger charge is -2.27. The average Bonchev–Trinajstić information content (AvgIpc) is 2.74. The zero-order chi connectivity index (χ0) is 17.3. The Bertz CT molecular complexity index is 760. The summed E-state index contributed by atoms with van der Waals surface area (Å²) in [4.78, 5) is 16.8. The Kier molecular flexibility index (Phi) is 4.53. The zero-order valence-corrected chi connectivity index (χ0v) is 14.0. The molecule has 1 aliphatic heterocycles. The first kappa shape index (κ1) is 16.5. The molecule has 0 radical (unpaired) electrons. The summed E-state index contributed by atoms with van der Waals surface area (Å²) in [5, 5.41) is 0. The lowest BCUT2D eigenvalue weighted by atomic mass is 10.0. The molecule has 0 bridgehead atoms. The van der Waals surface area contributed by atoms with Crippen LogP contribution < -0.4 is 10.6 Å². The number of carbonyl (C=O) groups excluding carboxylic acids is 1. The number of rotatable bonds is 2. The molecule has 1 unspecified atom stereocenters. The van der Waals surface area contributed by atoms with Crippen molar-refractivity contribution in [3.8, 4) is 0 Å². The highest BCUT2D eigenvalue weighted by molar-refractivity contribution is 6.07. The van der Waals surface area contributed by atoms with E-state index in [1.807, 2.05) is 38.4 Å². The quantitative estimate of drug-likeness (QED) is 0.860. The minimum absolute atomic E-state index is 0.0577. The maximum Gasteiger partial charge on any atom is 0.261 e. The van der Waals surface area contributed by atoms with Crippen LogP contribution in [0.25, 0.3) is 0 Å². The molecular formula is C19H22FN3O. The van der Waals surface area contributed by atoms with Crippen molar-refractivity contribution in [3.63, 3.8) is 0 Å². The molecule has 0 saturated carbocycles. The van der Waals surface area contributed by atoms with E-state index in [4.69, 9.17) is 5.73 Å². The van der Waals surface area contributed by atoms with Crippen molar-refractivity contribution in [1.29, 1.82) is 0 Å². The van der Waals surface area contributed by atoms with E-state index >= 15 is 0 Å². The maximum atomic E-state index is 14.2. The fourth-order valence-corrected chi connectivity index (χ4v) is 3.33. The maximum absolute atomic E-state index is 14.2. The van der Waals surface area contributed by atoms with Crippen molar-refractivity contribution in [3.05, 3.63) is 59.4 Å². The van der Waals surface area contributed by atoms with Gasteiger partial charge in [-0.2, -0.15) is 0 Å². The Morgan fingerprint density at radius 3 is 2.71 bits per heavy atom. The Morgan fingerprint density at radius 1 is 1.25 bits per heavy atom. The molecule has 0 fully saturated rings. The van der Waals surface area contributed by atoms with E-state index < -0.39 is 5.82 Å². The predicted molar refractivity (Wildman–Crippen MR) is 94.6 cm³/mol. The van der Waals surface area contributed by atoms with Crippen LogP contribution in [0.5, 0.6) is 0 Å². The zero-order valence-electron chi connectivity index (χ0n) is 14.0. The minimum atomic E-state index is -0.578. The summed E-state index contributed by atoms with van der Waals surface area (Å²) in [6, 6.07) is 12.3. The Labute approximate surface area is 141 Å². The fraction of sp³-hybridized carbons (Fsp3) is 0.316. The van der Waals surface area contributed by atoms with Gasteiger partial charge in [-0.15, -0.1) is 0 Å². The first-order valence-corrected chi connectivity index (χ1v) is 8.11. The van der Waals surface area contributed by atoms with Gasteiger partial charge >= 0.3 is 0 Å². The summed E-state index contributed by atoms with van der Waals surface area (Å²) in [6.45, 7) is 0.573. The molecule has 1 heterocycles. The largest absolute Gasteiger partial charge is 0.399 e. The van der Waals surface area contributed by atoms with Crippen molar-refractivity contribution < 1.29 is 9.18 Å². The SMILES string of the molecule is CN(C)C1CCCN(C(=O)c2ccc(N)cc2F)c2ccccc21. The smallest absolute Gasteiger partial charge is 0.261 e. The molecule has 1 amide bonds. The summed E-state index contributed by atoms with van der Waals surface area (Å²) in [5.41, 5.74) is 7.92. The molecule has 0 aliphatic carbocycles. The van der Waals surface area contributed by atoms with E-state index in [0.717, 1.165) is 24.1 Å². The summed E-state index contributed by atoms with van der Waals surface area (Å²) >= 11 is 0. The van der Waals surface area contributed by atoms with Gasteiger partial charge in [0.1, 0.15) is 5.82 Å². The Morgan fingerprint density at radius 2 is 2.00 bits per heavy atom. The molecule has 1 aliphatic rings. The molecule has 24 heavy (non-hydrogen) atoms. The van der Waals surface area contributed by atoms with Crippen LogP contribution in [0, 0.1) is 5.82 Å². The van der Waals surface area contributed by atoms with Gasteiger partial charge in [-0.3, -0.25) is 4.79 Å². The molecule has 5 heteroatoms. The summed E-state index contributed by atoms with van der Waals surface area (Å²) < 4.78 is 14.2. The molecule has 3 rings (SSSR count). The van der Waals surface area contributed by atoms with Gasteiger partial charge in [-0.25, -0.2) is 4.39 Å². The molecule has 1 atom stereocenters. The number of hydrogen-bond donors (Lipinski definition) is 1. The highest BCUT2D eigenvalue weighted by Crippen LogP contribution is 2.36. The number of carbonyl (C=O) groups is 1. The van der Waals surface area contributed by atoms with Crippen molar-refractivity contribution >= 4 is 17.3 Å². The summed E-state index contributed by atoms with van der Waals surface area (Å²) in [6.07, 6.45) is 1.82. The van der Waals surface area contributed by atoms with Crippen LogP contribution in [-0.4, -0.2) is 31.4 Å². The number of fused-ring (bicyclic) bond motifs is 1. The molecular weight excluding hydrogens is 305 g/mol. The summed E-state index contributed by atoms with van der Waals surface area (Å²) in [7, 11) is 4.08. The monoisotopic (exact) mass is 327 g/mol. The van der Waals surface area contributed by atoms with Crippen molar-refractivity contribution in [2.75, 3.05) is 31.3 Å². The van der Waals surface area contributed by atoms with Crippen molar-refractivity contribution in [1.82, 2.24) is 4.90 Å². The Balaban J connectivity index is 2.04. The molecule has 2 aromatic carbocycles. The second kappa shape index (κ2) is 6.61. The van der Waals surface area contributed by atoms with E-state index in [2.05, 4.69) is 4.90 Å².